The predicted molar refractivity (Wildman–Crippen MR) is 112 cm³/mol. The molecule has 0 aliphatic carbocycles. The summed E-state index contributed by atoms with van der Waals surface area (Å²) in [5.41, 5.74) is 10.0. The van der Waals surface area contributed by atoms with Gasteiger partial charge in [-0.05, 0) is 29.3 Å². The molecule has 29 heavy (non-hydrogen) atoms. The molecule has 2 aromatic heterocycles. The second kappa shape index (κ2) is 7.54. The van der Waals surface area contributed by atoms with Crippen LogP contribution in [0.5, 0.6) is 0 Å². The maximum atomic E-state index is 12.1. The second-order valence-electron chi connectivity index (χ2n) is 6.57. The van der Waals surface area contributed by atoms with Gasteiger partial charge in [-0.1, -0.05) is 36.4 Å². The molecule has 4 aromatic rings. The molecule has 7 nitrogen and oxygen atoms in total. The van der Waals surface area contributed by atoms with Gasteiger partial charge in [0, 0.05) is 24.5 Å². The number of hydrogen-bond donors (Lipinski definition) is 2. The van der Waals surface area contributed by atoms with E-state index in [-0.39, 0.29) is 12.1 Å². The molecule has 0 amide bonds. The predicted octanol–water partition coefficient (Wildman–Crippen LogP) is 2.85. The van der Waals surface area contributed by atoms with Crippen molar-refractivity contribution in [3.8, 4) is 17.2 Å². The van der Waals surface area contributed by atoms with Gasteiger partial charge in [0.1, 0.15) is 0 Å². The van der Waals surface area contributed by atoms with Crippen LogP contribution in [0.15, 0.2) is 59.5 Å². The molecule has 0 fully saturated rings. The molecule has 2 heterocycles. The zero-order valence-corrected chi connectivity index (χ0v) is 15.8. The van der Waals surface area contributed by atoms with Crippen molar-refractivity contribution in [3.63, 3.8) is 0 Å². The molecule has 4 rings (SSSR count). The third-order valence-electron chi connectivity index (χ3n) is 4.84. The van der Waals surface area contributed by atoms with Crippen LogP contribution in [-0.2, 0) is 13.6 Å². The van der Waals surface area contributed by atoms with Crippen molar-refractivity contribution in [1.82, 2.24) is 20.0 Å². The summed E-state index contributed by atoms with van der Waals surface area (Å²) in [5, 5.41) is 21.8. The van der Waals surface area contributed by atoms with Crippen molar-refractivity contribution in [3.05, 3.63) is 82.0 Å². The Morgan fingerprint density at radius 3 is 2.76 bits per heavy atom. The lowest BCUT2D eigenvalue weighted by atomic mass is 9.99. The molecule has 2 aromatic carbocycles. The highest BCUT2D eigenvalue weighted by Crippen LogP contribution is 2.29. The van der Waals surface area contributed by atoms with E-state index in [0.717, 1.165) is 22.4 Å². The van der Waals surface area contributed by atoms with Crippen LogP contribution in [0, 0.1) is 11.3 Å². The van der Waals surface area contributed by atoms with Crippen LogP contribution < -0.4 is 11.3 Å². The average molecular weight is 382 g/mol. The fourth-order valence-electron chi connectivity index (χ4n) is 3.32. The summed E-state index contributed by atoms with van der Waals surface area (Å²) in [7, 11) is 1.83. The first-order chi connectivity index (χ1) is 14.1. The third-order valence-corrected chi connectivity index (χ3v) is 4.84. The number of hydrogen-bond acceptors (Lipinski definition) is 5. The molecule has 0 bridgehead atoms. The zero-order chi connectivity index (χ0) is 20.4. The summed E-state index contributed by atoms with van der Waals surface area (Å²) in [6, 6.07) is 17.3. The summed E-state index contributed by atoms with van der Waals surface area (Å²) < 4.78 is 1.72. The topological polar surface area (TPSA) is 113 Å². The van der Waals surface area contributed by atoms with Gasteiger partial charge in [0.15, 0.2) is 0 Å². The Hall–Kier alpha value is -4.02. The van der Waals surface area contributed by atoms with E-state index in [1.165, 1.54) is 0 Å². The molecular weight excluding hydrogens is 364 g/mol. The summed E-state index contributed by atoms with van der Waals surface area (Å²) >= 11 is 0. The Kier molecular flexibility index (Phi) is 4.77. The van der Waals surface area contributed by atoms with Gasteiger partial charge in [0.05, 0.1) is 34.6 Å². The molecule has 0 radical (unpaired) electrons. The number of aromatic nitrogens is 4. The number of benzene rings is 2. The van der Waals surface area contributed by atoms with Crippen LogP contribution in [0.1, 0.15) is 17.0 Å². The van der Waals surface area contributed by atoms with Crippen molar-refractivity contribution in [2.75, 3.05) is 0 Å². The molecule has 0 saturated carbocycles. The van der Waals surface area contributed by atoms with Crippen molar-refractivity contribution >= 4 is 22.4 Å². The van der Waals surface area contributed by atoms with Gasteiger partial charge < -0.3 is 5.73 Å². The minimum absolute atomic E-state index is 0.211. The van der Waals surface area contributed by atoms with Gasteiger partial charge in [0.2, 0.25) is 0 Å². The lowest BCUT2D eigenvalue weighted by Gasteiger charge is -2.07. The first-order valence-electron chi connectivity index (χ1n) is 9.03. The van der Waals surface area contributed by atoms with Crippen LogP contribution in [0.25, 0.3) is 33.5 Å². The number of aromatic amines is 1. The van der Waals surface area contributed by atoms with Crippen LogP contribution in [0.4, 0.5) is 0 Å². The van der Waals surface area contributed by atoms with Gasteiger partial charge in [-0.2, -0.15) is 15.5 Å². The van der Waals surface area contributed by atoms with Crippen LogP contribution in [0.3, 0.4) is 0 Å². The summed E-state index contributed by atoms with van der Waals surface area (Å²) in [4.78, 5) is 12.1. The van der Waals surface area contributed by atoms with Gasteiger partial charge in [0.25, 0.3) is 5.56 Å². The Bertz CT molecular complexity index is 1330. The minimum atomic E-state index is -0.258. The number of nitrogens with two attached hydrogens (primary N) is 1. The lowest BCUT2D eigenvalue weighted by Crippen LogP contribution is -2.13. The smallest absolute Gasteiger partial charge is 0.272 e. The van der Waals surface area contributed by atoms with Gasteiger partial charge >= 0.3 is 0 Å². The van der Waals surface area contributed by atoms with E-state index >= 15 is 0 Å². The normalized spacial score (nSPS) is 11.6. The number of rotatable bonds is 4. The molecule has 0 aliphatic heterocycles. The van der Waals surface area contributed by atoms with Crippen molar-refractivity contribution in [1.29, 1.82) is 5.26 Å². The van der Waals surface area contributed by atoms with E-state index in [2.05, 4.69) is 21.4 Å². The Morgan fingerprint density at radius 2 is 2.03 bits per heavy atom. The molecule has 3 N–H and O–H groups in total. The fourth-order valence-corrected chi connectivity index (χ4v) is 3.32. The van der Waals surface area contributed by atoms with Gasteiger partial charge in [-0.15, -0.1) is 0 Å². The van der Waals surface area contributed by atoms with Crippen molar-refractivity contribution < 1.29 is 0 Å². The number of aryl methyl sites for hydroxylation is 1. The first-order valence-corrected chi connectivity index (χ1v) is 9.03. The van der Waals surface area contributed by atoms with Gasteiger partial charge in [-0.3, -0.25) is 9.48 Å². The Balaban J connectivity index is 1.89. The molecule has 0 saturated heterocycles. The van der Waals surface area contributed by atoms with Crippen LogP contribution >= 0.6 is 0 Å². The van der Waals surface area contributed by atoms with E-state index < -0.39 is 0 Å². The summed E-state index contributed by atoms with van der Waals surface area (Å²) in [6.07, 6.45) is 3.57. The quantitative estimate of drug-likeness (QED) is 0.527. The number of fused-ring (bicyclic) bond motifs is 1. The minimum Gasteiger partial charge on any atom is -0.325 e. The number of nitrogens with one attached hydrogen (secondary N) is 1. The van der Waals surface area contributed by atoms with E-state index in [1.54, 1.807) is 16.9 Å². The maximum absolute atomic E-state index is 12.1. The molecular formula is C22H18N6O. The lowest BCUT2D eigenvalue weighted by molar-refractivity contribution is 0.760. The van der Waals surface area contributed by atoms with Crippen LogP contribution in [-0.4, -0.2) is 20.0 Å². The zero-order valence-electron chi connectivity index (χ0n) is 15.8. The number of H-pyrrole nitrogens is 1. The van der Waals surface area contributed by atoms with Crippen molar-refractivity contribution in [2.45, 2.75) is 6.54 Å². The molecule has 0 aliphatic rings. The number of allylic oxidation sites excluding steroid dienone is 1. The highest BCUT2D eigenvalue weighted by atomic mass is 16.1. The van der Waals surface area contributed by atoms with Crippen LogP contribution in [0.2, 0.25) is 0 Å². The van der Waals surface area contributed by atoms with E-state index in [1.807, 2.05) is 55.6 Å². The second-order valence-corrected chi connectivity index (χ2v) is 6.57. The Labute approximate surface area is 166 Å². The highest BCUT2D eigenvalue weighted by Gasteiger charge is 2.13. The van der Waals surface area contributed by atoms with E-state index in [0.29, 0.717) is 22.0 Å². The molecule has 0 unspecified atom stereocenters. The molecule has 142 valence electrons. The van der Waals surface area contributed by atoms with E-state index in [4.69, 9.17) is 5.73 Å². The Morgan fingerprint density at radius 1 is 1.24 bits per heavy atom. The standard InChI is InChI=1S/C22H18N6O/c1-28-21(10-16(11-23)14-5-3-2-4-6-14)19(13-25-28)15-7-8-17-18(9-15)20(12-24)26-27-22(17)29/h2-10,13H,12,24H2,1H3,(H,27,29)/b16-10+. The molecule has 0 spiro atoms. The maximum Gasteiger partial charge on any atom is 0.272 e. The largest absolute Gasteiger partial charge is 0.325 e. The highest BCUT2D eigenvalue weighted by molar-refractivity contribution is 5.94. The SMILES string of the molecule is Cn1ncc(-c2ccc3c(=O)[nH]nc(CN)c3c2)c1/C=C(\C#N)c1ccccc1. The number of nitriles is 1. The average Bonchev–Trinajstić information content (AvgIpc) is 3.12. The summed E-state index contributed by atoms with van der Waals surface area (Å²) in [5.74, 6) is 0. The van der Waals surface area contributed by atoms with Crippen molar-refractivity contribution in [2.24, 2.45) is 12.8 Å². The number of nitrogens with zero attached hydrogens (tertiary/aromatic N) is 4. The molecule has 7 heteroatoms. The van der Waals surface area contributed by atoms with Gasteiger partial charge in [-0.25, -0.2) is 5.10 Å². The van der Waals surface area contributed by atoms with E-state index in [9.17, 15) is 10.1 Å². The molecule has 0 atom stereocenters. The first kappa shape index (κ1) is 18.3. The third kappa shape index (κ3) is 3.33. The summed E-state index contributed by atoms with van der Waals surface area (Å²) in [6.45, 7) is 0.211. The fraction of sp³-hybridized carbons (Fsp3) is 0.0909. The monoisotopic (exact) mass is 382 g/mol.